The van der Waals surface area contributed by atoms with Crippen LogP contribution in [0.2, 0.25) is 0 Å². The summed E-state index contributed by atoms with van der Waals surface area (Å²) in [6.07, 6.45) is 1.17. The lowest BCUT2D eigenvalue weighted by molar-refractivity contribution is -0.141. The van der Waals surface area contributed by atoms with Crippen molar-refractivity contribution < 1.29 is 19.1 Å². The van der Waals surface area contributed by atoms with Crippen LogP contribution in [0.1, 0.15) is 18.4 Å². The Bertz CT molecular complexity index is 521. The van der Waals surface area contributed by atoms with Crippen molar-refractivity contribution >= 4 is 12.0 Å². The van der Waals surface area contributed by atoms with Crippen LogP contribution in [0.4, 0.5) is 9.18 Å². The fraction of sp³-hybridized carbons (Fsp3) is 0.429. The molecule has 1 fully saturated rings. The number of aliphatic carboxylic acids is 1. The van der Waals surface area contributed by atoms with Crippen molar-refractivity contribution in [1.82, 2.24) is 9.80 Å². The smallest absolute Gasteiger partial charge is 0.326 e. The minimum Gasteiger partial charge on any atom is -0.480 e. The van der Waals surface area contributed by atoms with Crippen LogP contribution in [0, 0.1) is 5.82 Å². The van der Waals surface area contributed by atoms with Crippen molar-refractivity contribution in [2.24, 2.45) is 0 Å². The van der Waals surface area contributed by atoms with E-state index in [0.29, 0.717) is 24.9 Å². The molecule has 1 aliphatic heterocycles. The maximum atomic E-state index is 13.1. The van der Waals surface area contributed by atoms with Crippen molar-refractivity contribution in [3.8, 4) is 0 Å². The SMILES string of the molecule is CN(Cc1cccc(F)c1)C(=O)N1CCC[C@@H]1C(=O)O. The normalized spacial score (nSPS) is 18.1. The minimum atomic E-state index is -0.977. The second kappa shape index (κ2) is 5.90. The Hall–Kier alpha value is -2.11. The van der Waals surface area contributed by atoms with E-state index in [9.17, 15) is 14.0 Å². The zero-order valence-electron chi connectivity index (χ0n) is 11.3. The van der Waals surface area contributed by atoms with E-state index in [-0.39, 0.29) is 18.4 Å². The number of halogens is 1. The Labute approximate surface area is 116 Å². The summed E-state index contributed by atoms with van der Waals surface area (Å²) in [5.41, 5.74) is 0.673. The second-order valence-corrected chi connectivity index (χ2v) is 4.96. The van der Waals surface area contributed by atoms with E-state index >= 15 is 0 Å². The van der Waals surface area contributed by atoms with Gasteiger partial charge in [0.25, 0.3) is 0 Å². The van der Waals surface area contributed by atoms with Gasteiger partial charge in [0, 0.05) is 20.1 Å². The molecule has 2 amide bonds. The summed E-state index contributed by atoms with van der Waals surface area (Å²) < 4.78 is 13.1. The molecule has 20 heavy (non-hydrogen) atoms. The van der Waals surface area contributed by atoms with E-state index in [1.807, 2.05) is 0 Å². The van der Waals surface area contributed by atoms with Crippen molar-refractivity contribution in [2.75, 3.05) is 13.6 Å². The van der Waals surface area contributed by atoms with E-state index in [0.717, 1.165) is 0 Å². The average molecular weight is 280 g/mol. The summed E-state index contributed by atoms with van der Waals surface area (Å²) >= 11 is 0. The number of amides is 2. The predicted molar refractivity (Wildman–Crippen MR) is 70.6 cm³/mol. The van der Waals surface area contributed by atoms with Gasteiger partial charge < -0.3 is 14.9 Å². The number of urea groups is 1. The summed E-state index contributed by atoms with van der Waals surface area (Å²) in [7, 11) is 1.59. The Morgan fingerprint density at radius 2 is 2.25 bits per heavy atom. The van der Waals surface area contributed by atoms with Gasteiger partial charge in [-0.2, -0.15) is 0 Å². The van der Waals surface area contributed by atoms with Gasteiger partial charge in [-0.05, 0) is 30.5 Å². The molecule has 1 aromatic rings. The molecule has 0 unspecified atom stereocenters. The molecule has 1 N–H and O–H groups in total. The molecule has 0 aliphatic carbocycles. The third-order valence-electron chi connectivity index (χ3n) is 3.42. The molecule has 1 saturated heterocycles. The zero-order chi connectivity index (χ0) is 14.7. The van der Waals surface area contributed by atoms with Crippen LogP contribution < -0.4 is 0 Å². The van der Waals surface area contributed by atoms with E-state index in [1.165, 1.54) is 21.9 Å². The lowest BCUT2D eigenvalue weighted by atomic mass is 10.2. The van der Waals surface area contributed by atoms with Crippen molar-refractivity contribution in [2.45, 2.75) is 25.4 Å². The molecule has 5 nitrogen and oxygen atoms in total. The molecule has 0 spiro atoms. The predicted octanol–water partition coefficient (Wildman–Crippen LogP) is 1.93. The third-order valence-corrected chi connectivity index (χ3v) is 3.42. The molecule has 2 rings (SSSR count). The van der Waals surface area contributed by atoms with E-state index in [2.05, 4.69) is 0 Å². The molecular formula is C14H17FN2O3. The highest BCUT2D eigenvalue weighted by atomic mass is 19.1. The van der Waals surface area contributed by atoms with Gasteiger partial charge in [-0.25, -0.2) is 14.0 Å². The first kappa shape index (κ1) is 14.3. The van der Waals surface area contributed by atoms with Gasteiger partial charge >= 0.3 is 12.0 Å². The van der Waals surface area contributed by atoms with Crippen molar-refractivity contribution in [3.05, 3.63) is 35.6 Å². The molecule has 1 aromatic carbocycles. The highest BCUT2D eigenvalue weighted by Gasteiger charge is 2.35. The molecular weight excluding hydrogens is 263 g/mol. The molecule has 1 heterocycles. The topological polar surface area (TPSA) is 60.9 Å². The maximum absolute atomic E-state index is 13.1. The third kappa shape index (κ3) is 3.07. The number of carboxylic acids is 1. The van der Waals surface area contributed by atoms with Gasteiger partial charge in [-0.1, -0.05) is 12.1 Å². The maximum Gasteiger partial charge on any atom is 0.326 e. The number of benzene rings is 1. The molecule has 0 saturated carbocycles. The van der Waals surface area contributed by atoms with Gasteiger partial charge in [0.2, 0.25) is 0 Å². The van der Waals surface area contributed by atoms with Crippen LogP contribution in [0.25, 0.3) is 0 Å². The highest BCUT2D eigenvalue weighted by molar-refractivity contribution is 5.83. The van der Waals surface area contributed by atoms with Gasteiger partial charge in [-0.15, -0.1) is 0 Å². The minimum absolute atomic E-state index is 0.249. The van der Waals surface area contributed by atoms with Crippen molar-refractivity contribution in [3.63, 3.8) is 0 Å². The van der Waals surface area contributed by atoms with Crippen molar-refractivity contribution in [1.29, 1.82) is 0 Å². The van der Waals surface area contributed by atoms with Gasteiger partial charge in [0.1, 0.15) is 11.9 Å². The fourth-order valence-electron chi connectivity index (χ4n) is 2.45. The number of carbonyl (C=O) groups excluding carboxylic acids is 1. The molecule has 1 aliphatic rings. The van der Waals surface area contributed by atoms with Gasteiger partial charge in [0.05, 0.1) is 0 Å². The number of nitrogens with zero attached hydrogens (tertiary/aromatic N) is 2. The molecule has 0 bridgehead atoms. The number of rotatable bonds is 3. The standard InChI is InChI=1S/C14H17FN2O3/c1-16(9-10-4-2-5-11(15)8-10)14(20)17-7-3-6-12(17)13(18)19/h2,4-5,8,12H,3,6-7,9H2,1H3,(H,18,19)/t12-/m1/s1. The summed E-state index contributed by atoms with van der Waals surface area (Å²) in [6.45, 7) is 0.697. The lowest BCUT2D eigenvalue weighted by Gasteiger charge is -2.27. The van der Waals surface area contributed by atoms with Crippen LogP contribution in [0.15, 0.2) is 24.3 Å². The Morgan fingerprint density at radius 3 is 2.90 bits per heavy atom. The largest absolute Gasteiger partial charge is 0.480 e. The summed E-state index contributed by atoms with van der Waals surface area (Å²) in [5.74, 6) is -1.33. The summed E-state index contributed by atoms with van der Waals surface area (Å²) in [4.78, 5) is 26.1. The molecule has 108 valence electrons. The fourth-order valence-corrected chi connectivity index (χ4v) is 2.45. The number of hydrogen-bond donors (Lipinski definition) is 1. The quantitative estimate of drug-likeness (QED) is 0.920. The van der Waals surface area contributed by atoms with Crippen LogP contribution in [-0.2, 0) is 11.3 Å². The highest BCUT2D eigenvalue weighted by Crippen LogP contribution is 2.19. The van der Waals surface area contributed by atoms with Crippen LogP contribution in [-0.4, -0.2) is 46.5 Å². The Kier molecular flexibility index (Phi) is 4.22. The first-order valence-corrected chi connectivity index (χ1v) is 6.48. The van der Waals surface area contributed by atoms with Gasteiger partial charge in [0.15, 0.2) is 0 Å². The first-order chi connectivity index (χ1) is 9.49. The van der Waals surface area contributed by atoms with Gasteiger partial charge in [-0.3, -0.25) is 0 Å². The summed E-state index contributed by atoms with van der Waals surface area (Å²) in [5, 5.41) is 9.08. The van der Waals surface area contributed by atoms with E-state index in [1.54, 1.807) is 19.2 Å². The monoisotopic (exact) mass is 280 g/mol. The zero-order valence-corrected chi connectivity index (χ0v) is 11.3. The number of carbonyl (C=O) groups is 2. The molecule has 1 atom stereocenters. The number of hydrogen-bond acceptors (Lipinski definition) is 2. The van der Waals surface area contributed by atoms with E-state index in [4.69, 9.17) is 5.11 Å². The summed E-state index contributed by atoms with van der Waals surface area (Å²) in [6, 6.07) is 4.93. The second-order valence-electron chi connectivity index (χ2n) is 4.96. The first-order valence-electron chi connectivity index (χ1n) is 6.48. The molecule has 6 heteroatoms. The average Bonchev–Trinajstić information content (AvgIpc) is 2.87. The lowest BCUT2D eigenvalue weighted by Crippen LogP contribution is -2.46. The Morgan fingerprint density at radius 1 is 1.50 bits per heavy atom. The van der Waals surface area contributed by atoms with Crippen LogP contribution in [0.3, 0.4) is 0 Å². The molecule has 0 radical (unpaired) electrons. The number of carboxylic acid groups (broad SMARTS) is 1. The van der Waals surface area contributed by atoms with Crippen LogP contribution >= 0.6 is 0 Å². The Balaban J connectivity index is 2.03. The number of likely N-dealkylation sites (tertiary alicyclic amines) is 1. The van der Waals surface area contributed by atoms with Crippen LogP contribution in [0.5, 0.6) is 0 Å². The molecule has 0 aromatic heterocycles. The van der Waals surface area contributed by atoms with E-state index < -0.39 is 12.0 Å².